The highest BCUT2D eigenvalue weighted by Crippen LogP contribution is 2.28. The van der Waals surface area contributed by atoms with Crippen molar-refractivity contribution in [2.75, 3.05) is 14.1 Å². The zero-order valence-corrected chi connectivity index (χ0v) is 14.1. The van der Waals surface area contributed by atoms with Crippen LogP contribution in [0.5, 0.6) is 5.75 Å². The van der Waals surface area contributed by atoms with Gasteiger partial charge in [0.2, 0.25) is 0 Å². The average Bonchev–Trinajstić information content (AvgIpc) is 2.98. The largest absolute Gasteiger partial charge is 0.508 e. The fraction of sp³-hybridized carbons (Fsp3) is 0.333. The predicted octanol–water partition coefficient (Wildman–Crippen LogP) is 1.04. The summed E-state index contributed by atoms with van der Waals surface area (Å²) in [4.78, 5) is 15.3. The number of aromatic nitrogens is 2. The smallest absolute Gasteiger partial charge is 0.308 e. The molecule has 0 aliphatic carbocycles. The molecular formula is C15H19N3O5S. The topological polar surface area (TPSA) is 113 Å². The van der Waals surface area contributed by atoms with E-state index < -0.39 is 22.1 Å². The maximum atomic E-state index is 12.4. The van der Waals surface area contributed by atoms with E-state index >= 15 is 0 Å². The number of aromatic hydroxyl groups is 1. The second-order valence-electron chi connectivity index (χ2n) is 5.50. The number of aliphatic carboxylic acids is 1. The van der Waals surface area contributed by atoms with Crippen LogP contribution in [0, 0.1) is 0 Å². The monoisotopic (exact) mass is 353 g/mol. The van der Waals surface area contributed by atoms with E-state index in [9.17, 15) is 23.4 Å². The minimum atomic E-state index is -3.82. The van der Waals surface area contributed by atoms with Gasteiger partial charge in [0.15, 0.2) is 0 Å². The SMILES string of the molecule is CN(C)S(=O)(=O)n1ccnc1C(CC(=O)O)Cc1ccccc1O. The second-order valence-corrected chi connectivity index (χ2v) is 7.52. The van der Waals surface area contributed by atoms with Gasteiger partial charge < -0.3 is 10.2 Å². The van der Waals surface area contributed by atoms with Gasteiger partial charge in [-0.2, -0.15) is 12.7 Å². The van der Waals surface area contributed by atoms with Crippen LogP contribution in [0.15, 0.2) is 36.7 Å². The number of imidazole rings is 1. The first-order valence-electron chi connectivity index (χ1n) is 7.18. The summed E-state index contributed by atoms with van der Waals surface area (Å²) in [5.41, 5.74) is 0.528. The van der Waals surface area contributed by atoms with Crippen molar-refractivity contribution >= 4 is 16.2 Å². The Morgan fingerprint density at radius 3 is 2.58 bits per heavy atom. The molecule has 0 bridgehead atoms. The van der Waals surface area contributed by atoms with E-state index in [-0.39, 0.29) is 24.4 Å². The van der Waals surface area contributed by atoms with Crippen LogP contribution in [0.1, 0.15) is 23.7 Å². The lowest BCUT2D eigenvalue weighted by atomic mass is 9.95. The molecule has 1 atom stereocenters. The Morgan fingerprint density at radius 1 is 1.33 bits per heavy atom. The van der Waals surface area contributed by atoms with Gasteiger partial charge in [-0.05, 0) is 18.1 Å². The lowest BCUT2D eigenvalue weighted by Gasteiger charge is -2.19. The normalized spacial score (nSPS) is 13.1. The van der Waals surface area contributed by atoms with Crippen LogP contribution in [-0.4, -0.2) is 52.0 Å². The van der Waals surface area contributed by atoms with Gasteiger partial charge >= 0.3 is 16.2 Å². The summed E-state index contributed by atoms with van der Waals surface area (Å²) in [6.45, 7) is 0. The molecule has 2 rings (SSSR count). The van der Waals surface area contributed by atoms with E-state index in [0.717, 1.165) is 8.28 Å². The van der Waals surface area contributed by atoms with E-state index in [4.69, 9.17) is 0 Å². The van der Waals surface area contributed by atoms with Crippen LogP contribution in [0.25, 0.3) is 0 Å². The molecule has 0 spiro atoms. The number of benzene rings is 1. The maximum Gasteiger partial charge on any atom is 0.308 e. The third kappa shape index (κ3) is 3.74. The fourth-order valence-corrected chi connectivity index (χ4v) is 3.37. The minimum Gasteiger partial charge on any atom is -0.508 e. The third-order valence-corrected chi connectivity index (χ3v) is 5.32. The van der Waals surface area contributed by atoms with Crippen molar-refractivity contribution in [2.24, 2.45) is 0 Å². The second kappa shape index (κ2) is 7.02. The summed E-state index contributed by atoms with van der Waals surface area (Å²) in [5.74, 6) is -1.64. The number of carboxylic acid groups (broad SMARTS) is 1. The van der Waals surface area contributed by atoms with Gasteiger partial charge in [0.25, 0.3) is 0 Å². The summed E-state index contributed by atoms with van der Waals surface area (Å²) in [7, 11) is -1.05. The number of rotatable bonds is 7. The van der Waals surface area contributed by atoms with E-state index in [1.807, 2.05) is 0 Å². The summed E-state index contributed by atoms with van der Waals surface area (Å²) in [6.07, 6.45) is 2.44. The number of hydrogen-bond donors (Lipinski definition) is 2. The van der Waals surface area contributed by atoms with Gasteiger partial charge in [-0.3, -0.25) is 4.79 Å². The molecule has 1 aromatic heterocycles. The van der Waals surface area contributed by atoms with Crippen molar-refractivity contribution in [3.63, 3.8) is 0 Å². The van der Waals surface area contributed by atoms with E-state index in [1.165, 1.54) is 32.6 Å². The molecule has 0 saturated heterocycles. The molecule has 0 amide bonds. The first kappa shape index (κ1) is 18.0. The first-order chi connectivity index (χ1) is 11.2. The summed E-state index contributed by atoms with van der Waals surface area (Å²) in [5, 5.41) is 19.1. The average molecular weight is 353 g/mol. The van der Waals surface area contributed by atoms with Crippen molar-refractivity contribution in [3.05, 3.63) is 48.0 Å². The number of carboxylic acids is 1. The van der Waals surface area contributed by atoms with Gasteiger partial charge in [-0.25, -0.2) is 8.96 Å². The van der Waals surface area contributed by atoms with Crippen LogP contribution in [0.2, 0.25) is 0 Å². The van der Waals surface area contributed by atoms with Crippen molar-refractivity contribution in [2.45, 2.75) is 18.8 Å². The van der Waals surface area contributed by atoms with E-state index in [2.05, 4.69) is 4.98 Å². The molecule has 2 N–H and O–H groups in total. The summed E-state index contributed by atoms with van der Waals surface area (Å²) in [6, 6.07) is 6.53. The molecule has 130 valence electrons. The Hall–Kier alpha value is -2.39. The Bertz CT molecular complexity index is 829. The molecule has 0 aliphatic rings. The van der Waals surface area contributed by atoms with Crippen LogP contribution in [0.4, 0.5) is 0 Å². The Balaban J connectivity index is 2.46. The van der Waals surface area contributed by atoms with Crippen LogP contribution >= 0.6 is 0 Å². The summed E-state index contributed by atoms with van der Waals surface area (Å²) < 4.78 is 26.7. The molecule has 24 heavy (non-hydrogen) atoms. The molecule has 8 nitrogen and oxygen atoms in total. The zero-order valence-electron chi connectivity index (χ0n) is 13.3. The number of para-hydroxylation sites is 1. The molecule has 0 radical (unpaired) electrons. The van der Waals surface area contributed by atoms with Gasteiger partial charge in [0, 0.05) is 32.4 Å². The Labute approximate surface area is 140 Å². The molecule has 1 aromatic carbocycles. The number of carbonyl (C=O) groups is 1. The van der Waals surface area contributed by atoms with Crippen molar-refractivity contribution in [1.82, 2.24) is 13.3 Å². The zero-order chi connectivity index (χ0) is 17.9. The standard InChI is InChI=1S/C15H19N3O5S/c1-17(2)24(22,23)18-8-7-16-15(18)12(10-14(20)21)9-11-5-3-4-6-13(11)19/h3-8,12,19H,9-10H2,1-2H3,(H,20,21). The van der Waals surface area contributed by atoms with Gasteiger partial charge in [0.05, 0.1) is 6.42 Å². The minimum absolute atomic E-state index is 0.0291. The quantitative estimate of drug-likeness (QED) is 0.769. The predicted molar refractivity (Wildman–Crippen MR) is 87.0 cm³/mol. The highest BCUT2D eigenvalue weighted by Gasteiger charge is 2.27. The van der Waals surface area contributed by atoms with Gasteiger partial charge in [-0.15, -0.1) is 0 Å². The van der Waals surface area contributed by atoms with Crippen molar-refractivity contribution in [3.8, 4) is 5.75 Å². The molecular weight excluding hydrogens is 334 g/mol. The highest BCUT2D eigenvalue weighted by atomic mass is 32.2. The number of nitrogens with zero attached hydrogens (tertiary/aromatic N) is 3. The van der Waals surface area contributed by atoms with Crippen molar-refractivity contribution < 1.29 is 23.4 Å². The lowest BCUT2D eigenvalue weighted by molar-refractivity contribution is -0.137. The molecule has 9 heteroatoms. The van der Waals surface area contributed by atoms with E-state index in [0.29, 0.717) is 5.56 Å². The van der Waals surface area contributed by atoms with Gasteiger partial charge in [-0.1, -0.05) is 18.2 Å². The molecule has 1 heterocycles. The Morgan fingerprint density at radius 2 is 2.00 bits per heavy atom. The van der Waals surface area contributed by atoms with Gasteiger partial charge in [0.1, 0.15) is 11.6 Å². The molecule has 0 saturated carbocycles. The first-order valence-corrected chi connectivity index (χ1v) is 8.58. The number of phenols is 1. The van der Waals surface area contributed by atoms with Crippen molar-refractivity contribution in [1.29, 1.82) is 0 Å². The van der Waals surface area contributed by atoms with Crippen LogP contribution < -0.4 is 0 Å². The molecule has 0 aliphatic heterocycles. The molecule has 2 aromatic rings. The number of hydrogen-bond acceptors (Lipinski definition) is 5. The summed E-state index contributed by atoms with van der Waals surface area (Å²) >= 11 is 0. The third-order valence-electron chi connectivity index (χ3n) is 3.59. The lowest BCUT2D eigenvalue weighted by Crippen LogP contribution is -2.31. The van der Waals surface area contributed by atoms with Crippen LogP contribution in [0.3, 0.4) is 0 Å². The highest BCUT2D eigenvalue weighted by molar-refractivity contribution is 7.87. The van der Waals surface area contributed by atoms with E-state index in [1.54, 1.807) is 18.2 Å². The Kier molecular flexibility index (Phi) is 5.25. The fourth-order valence-electron chi connectivity index (χ4n) is 2.37. The molecule has 0 fully saturated rings. The van der Waals surface area contributed by atoms with Crippen LogP contribution in [-0.2, 0) is 21.4 Å². The maximum absolute atomic E-state index is 12.4. The number of phenolic OH excluding ortho intramolecular Hbond substituents is 1. The molecule has 1 unspecified atom stereocenters.